The fraction of sp³-hybridized carbons (Fsp3) is 0.200. The highest BCUT2D eigenvalue weighted by atomic mass is 127. The molecule has 0 radical (unpaired) electrons. The van der Waals surface area contributed by atoms with E-state index in [0.29, 0.717) is 0 Å². The zero-order valence-electron chi connectivity index (χ0n) is 7.84. The first-order chi connectivity index (χ1) is 7.30. The molecule has 0 aliphatic rings. The molecule has 0 fully saturated rings. The third-order valence-corrected chi connectivity index (χ3v) is 2.52. The molecule has 0 unspecified atom stereocenters. The van der Waals surface area contributed by atoms with Gasteiger partial charge < -0.3 is 0 Å². The van der Waals surface area contributed by atoms with Gasteiger partial charge in [0, 0.05) is 9.13 Å². The standard InChI is InChI=1S/C10H6F3IO2/c11-10(12,13)9(16)5-8(15)6-1-3-7(14)4-2-6/h1-4H,5H2. The summed E-state index contributed by atoms with van der Waals surface area (Å²) in [4.78, 5) is 21.9. The van der Waals surface area contributed by atoms with Gasteiger partial charge in [0.05, 0.1) is 6.42 Å². The van der Waals surface area contributed by atoms with Crippen molar-refractivity contribution >= 4 is 34.2 Å². The predicted octanol–water partition coefficient (Wildman–Crippen LogP) is 3.00. The zero-order valence-corrected chi connectivity index (χ0v) is 10.0. The fourth-order valence-corrected chi connectivity index (χ4v) is 1.34. The van der Waals surface area contributed by atoms with Gasteiger partial charge in [-0.15, -0.1) is 0 Å². The molecule has 1 rings (SSSR count). The number of alkyl halides is 3. The normalized spacial score (nSPS) is 11.2. The Morgan fingerprint density at radius 1 is 1.12 bits per heavy atom. The Kier molecular flexibility index (Phi) is 4.06. The smallest absolute Gasteiger partial charge is 0.294 e. The minimum absolute atomic E-state index is 0.109. The van der Waals surface area contributed by atoms with Gasteiger partial charge in [0.1, 0.15) is 0 Å². The Labute approximate surface area is 103 Å². The van der Waals surface area contributed by atoms with Crippen LogP contribution in [0.1, 0.15) is 16.8 Å². The molecule has 0 spiro atoms. The van der Waals surface area contributed by atoms with E-state index in [2.05, 4.69) is 0 Å². The van der Waals surface area contributed by atoms with Gasteiger partial charge in [-0.05, 0) is 34.7 Å². The minimum atomic E-state index is -4.95. The summed E-state index contributed by atoms with van der Waals surface area (Å²) in [7, 11) is 0. The Bertz CT molecular complexity index is 409. The summed E-state index contributed by atoms with van der Waals surface area (Å²) in [6.07, 6.45) is -6.08. The first-order valence-electron chi connectivity index (χ1n) is 4.19. The summed E-state index contributed by atoms with van der Waals surface area (Å²) in [5.41, 5.74) is 0.109. The predicted molar refractivity (Wildman–Crippen MR) is 59.2 cm³/mol. The molecule has 6 heteroatoms. The van der Waals surface area contributed by atoms with Crippen LogP contribution in [-0.2, 0) is 4.79 Å². The third kappa shape index (κ3) is 3.58. The van der Waals surface area contributed by atoms with Crippen LogP contribution >= 0.6 is 22.6 Å². The summed E-state index contributed by atoms with van der Waals surface area (Å²) in [5, 5.41) is 0. The molecule has 0 saturated heterocycles. The molecule has 0 saturated carbocycles. The molecular formula is C10H6F3IO2. The van der Waals surface area contributed by atoms with E-state index in [1.807, 2.05) is 22.6 Å². The van der Waals surface area contributed by atoms with Gasteiger partial charge in [-0.3, -0.25) is 9.59 Å². The minimum Gasteiger partial charge on any atom is -0.294 e. The maximum absolute atomic E-state index is 11.9. The van der Waals surface area contributed by atoms with Crippen molar-refractivity contribution in [3.05, 3.63) is 33.4 Å². The topological polar surface area (TPSA) is 34.1 Å². The summed E-state index contributed by atoms with van der Waals surface area (Å²) in [5.74, 6) is -2.84. The molecule has 16 heavy (non-hydrogen) atoms. The van der Waals surface area contributed by atoms with Crippen molar-refractivity contribution in [2.24, 2.45) is 0 Å². The van der Waals surface area contributed by atoms with Gasteiger partial charge in [0.2, 0.25) is 5.78 Å². The summed E-state index contributed by atoms with van der Waals surface area (Å²) >= 11 is 2.00. The number of carbonyl (C=O) groups is 2. The number of carbonyl (C=O) groups excluding carboxylic acids is 2. The monoisotopic (exact) mass is 342 g/mol. The molecule has 0 aromatic heterocycles. The number of benzene rings is 1. The lowest BCUT2D eigenvalue weighted by Gasteiger charge is -2.04. The second-order valence-corrected chi connectivity index (χ2v) is 4.27. The van der Waals surface area contributed by atoms with Crippen LogP contribution in [0.5, 0.6) is 0 Å². The number of halogens is 4. The van der Waals surface area contributed by atoms with Crippen LogP contribution < -0.4 is 0 Å². The first-order valence-corrected chi connectivity index (χ1v) is 5.27. The molecule has 1 aromatic rings. The average Bonchev–Trinajstić information content (AvgIpc) is 2.17. The van der Waals surface area contributed by atoms with E-state index in [0.717, 1.165) is 3.57 Å². The highest BCUT2D eigenvalue weighted by Gasteiger charge is 2.39. The van der Waals surface area contributed by atoms with Crippen LogP contribution in [0.3, 0.4) is 0 Å². The molecule has 0 bridgehead atoms. The van der Waals surface area contributed by atoms with E-state index < -0.39 is 24.2 Å². The summed E-state index contributed by atoms with van der Waals surface area (Å²) in [6.45, 7) is 0. The molecule has 0 aliphatic heterocycles. The van der Waals surface area contributed by atoms with E-state index in [1.165, 1.54) is 12.1 Å². The van der Waals surface area contributed by atoms with Crippen LogP contribution in [0.4, 0.5) is 13.2 Å². The Hall–Kier alpha value is -0.920. The summed E-state index contributed by atoms with van der Waals surface area (Å²) < 4.78 is 36.5. The number of ketones is 2. The Balaban J connectivity index is 2.74. The molecule has 2 nitrogen and oxygen atoms in total. The van der Waals surface area contributed by atoms with Crippen LogP contribution in [0.2, 0.25) is 0 Å². The highest BCUT2D eigenvalue weighted by molar-refractivity contribution is 14.1. The van der Waals surface area contributed by atoms with Gasteiger partial charge in [-0.25, -0.2) is 0 Å². The van der Waals surface area contributed by atoms with Gasteiger partial charge in [0.15, 0.2) is 5.78 Å². The van der Waals surface area contributed by atoms with Crippen LogP contribution in [-0.4, -0.2) is 17.7 Å². The van der Waals surface area contributed by atoms with E-state index in [4.69, 9.17) is 0 Å². The second kappa shape index (κ2) is 4.94. The van der Waals surface area contributed by atoms with E-state index in [1.54, 1.807) is 12.1 Å². The largest absolute Gasteiger partial charge is 0.450 e. The third-order valence-electron chi connectivity index (χ3n) is 1.80. The van der Waals surface area contributed by atoms with Crippen molar-refractivity contribution in [3.8, 4) is 0 Å². The van der Waals surface area contributed by atoms with E-state index >= 15 is 0 Å². The maximum atomic E-state index is 11.9. The molecule has 0 N–H and O–H groups in total. The van der Waals surface area contributed by atoms with Gasteiger partial charge >= 0.3 is 6.18 Å². The van der Waals surface area contributed by atoms with Crippen molar-refractivity contribution in [2.45, 2.75) is 12.6 Å². The first kappa shape index (κ1) is 13.1. The van der Waals surface area contributed by atoms with Crippen LogP contribution in [0.25, 0.3) is 0 Å². The maximum Gasteiger partial charge on any atom is 0.450 e. The van der Waals surface area contributed by atoms with Crippen molar-refractivity contribution in [3.63, 3.8) is 0 Å². The number of hydrogen-bond acceptors (Lipinski definition) is 2. The molecule has 0 amide bonds. The van der Waals surface area contributed by atoms with Crippen molar-refractivity contribution < 1.29 is 22.8 Å². The zero-order chi connectivity index (χ0) is 12.3. The quantitative estimate of drug-likeness (QED) is 0.481. The molecule has 0 aliphatic carbocycles. The van der Waals surface area contributed by atoms with Gasteiger partial charge in [-0.2, -0.15) is 13.2 Å². The molecule has 86 valence electrons. The van der Waals surface area contributed by atoms with Crippen molar-refractivity contribution in [1.82, 2.24) is 0 Å². The fourth-order valence-electron chi connectivity index (χ4n) is 0.984. The molecule has 0 heterocycles. The molecule has 1 aromatic carbocycles. The lowest BCUT2D eigenvalue weighted by molar-refractivity contribution is -0.170. The molecule has 0 atom stereocenters. The SMILES string of the molecule is O=C(CC(=O)C(F)(F)F)c1ccc(I)cc1. The summed E-state index contributed by atoms with van der Waals surface area (Å²) in [6, 6.07) is 5.97. The van der Waals surface area contributed by atoms with Gasteiger partial charge in [0.25, 0.3) is 0 Å². The van der Waals surface area contributed by atoms with E-state index in [-0.39, 0.29) is 5.56 Å². The lowest BCUT2D eigenvalue weighted by Crippen LogP contribution is -2.25. The molecular weight excluding hydrogens is 336 g/mol. The van der Waals surface area contributed by atoms with Gasteiger partial charge in [-0.1, -0.05) is 12.1 Å². The Morgan fingerprint density at radius 2 is 1.62 bits per heavy atom. The number of rotatable bonds is 3. The van der Waals surface area contributed by atoms with Crippen LogP contribution in [0, 0.1) is 3.57 Å². The lowest BCUT2D eigenvalue weighted by atomic mass is 10.1. The van der Waals surface area contributed by atoms with Crippen molar-refractivity contribution in [2.75, 3.05) is 0 Å². The van der Waals surface area contributed by atoms with Crippen LogP contribution in [0.15, 0.2) is 24.3 Å². The highest BCUT2D eigenvalue weighted by Crippen LogP contribution is 2.19. The van der Waals surface area contributed by atoms with E-state index in [9.17, 15) is 22.8 Å². The average molecular weight is 342 g/mol. The van der Waals surface area contributed by atoms with Crippen molar-refractivity contribution in [1.29, 1.82) is 0 Å². The Morgan fingerprint density at radius 3 is 2.06 bits per heavy atom. The number of hydrogen-bond donors (Lipinski definition) is 0. The number of Topliss-reactive ketones (excluding diaryl/α,β-unsaturated/α-hetero) is 2. The second-order valence-electron chi connectivity index (χ2n) is 3.03.